The van der Waals surface area contributed by atoms with Gasteiger partial charge in [-0.2, -0.15) is 0 Å². The summed E-state index contributed by atoms with van der Waals surface area (Å²) in [6.45, 7) is 3.98. The molecule has 3 rings (SSSR count). The van der Waals surface area contributed by atoms with Crippen molar-refractivity contribution in [2.75, 3.05) is 0 Å². The second kappa shape index (κ2) is 4.09. The van der Waals surface area contributed by atoms with Crippen LogP contribution in [-0.2, 0) is 6.54 Å². The summed E-state index contributed by atoms with van der Waals surface area (Å²) in [6.07, 6.45) is 0. The fourth-order valence-electron chi connectivity index (χ4n) is 2.27. The molecule has 0 radical (unpaired) electrons. The Morgan fingerprint density at radius 3 is 2.11 bits per heavy atom. The number of furan rings is 1. The quantitative estimate of drug-likeness (QED) is 0.775. The molecule has 0 aliphatic carbocycles. The van der Waals surface area contributed by atoms with Crippen LogP contribution in [0.15, 0.2) is 34.7 Å². The molecule has 2 aromatic rings. The first kappa shape index (κ1) is 11.7. The summed E-state index contributed by atoms with van der Waals surface area (Å²) in [5.41, 5.74) is 1.95. The van der Waals surface area contributed by atoms with Gasteiger partial charge in [0.05, 0.1) is 17.7 Å². The lowest BCUT2D eigenvalue weighted by Gasteiger charge is -2.11. The molecule has 2 heterocycles. The monoisotopic (exact) mass is 255 g/mol. The van der Waals surface area contributed by atoms with E-state index in [1.165, 1.54) is 4.90 Å². The maximum Gasteiger partial charge on any atom is 0.261 e. The van der Waals surface area contributed by atoms with Gasteiger partial charge in [-0.15, -0.1) is 0 Å². The maximum absolute atomic E-state index is 12.2. The largest absolute Gasteiger partial charge is 0.464 e. The molecule has 96 valence electrons. The van der Waals surface area contributed by atoms with Crippen LogP contribution in [0.5, 0.6) is 0 Å². The van der Waals surface area contributed by atoms with E-state index in [4.69, 9.17) is 4.42 Å². The van der Waals surface area contributed by atoms with Crippen LogP contribution in [0.1, 0.15) is 37.8 Å². The summed E-state index contributed by atoms with van der Waals surface area (Å²) in [5.74, 6) is 0.927. The highest BCUT2D eigenvalue weighted by atomic mass is 16.3. The lowest BCUT2D eigenvalue weighted by Crippen LogP contribution is -2.28. The van der Waals surface area contributed by atoms with Gasteiger partial charge < -0.3 is 4.42 Å². The number of hydrogen-bond acceptors (Lipinski definition) is 3. The zero-order valence-electron chi connectivity index (χ0n) is 10.8. The first-order valence-electron chi connectivity index (χ1n) is 6.09. The van der Waals surface area contributed by atoms with Gasteiger partial charge in [-0.05, 0) is 37.6 Å². The van der Waals surface area contributed by atoms with Gasteiger partial charge in [0.15, 0.2) is 0 Å². The third-order valence-electron chi connectivity index (χ3n) is 3.41. The first-order chi connectivity index (χ1) is 9.08. The number of hydrogen-bond donors (Lipinski definition) is 0. The van der Waals surface area contributed by atoms with Crippen molar-refractivity contribution in [3.05, 3.63) is 58.5 Å². The van der Waals surface area contributed by atoms with Crippen LogP contribution in [0.25, 0.3) is 0 Å². The van der Waals surface area contributed by atoms with Crippen LogP contribution < -0.4 is 0 Å². The number of fused-ring (bicyclic) bond motifs is 1. The van der Waals surface area contributed by atoms with Gasteiger partial charge in [-0.25, -0.2) is 0 Å². The van der Waals surface area contributed by atoms with Crippen LogP contribution in [0.3, 0.4) is 0 Å². The molecular weight excluding hydrogens is 242 g/mol. The SMILES string of the molecule is Cc1cc(CN2C(=O)c3ccccc3C2=O)oc1C. The molecule has 1 aliphatic rings. The van der Waals surface area contributed by atoms with E-state index in [2.05, 4.69) is 0 Å². The highest BCUT2D eigenvalue weighted by molar-refractivity contribution is 6.21. The molecule has 0 saturated heterocycles. The van der Waals surface area contributed by atoms with Crippen molar-refractivity contribution >= 4 is 11.8 Å². The molecule has 0 N–H and O–H groups in total. The number of benzene rings is 1. The third-order valence-corrected chi connectivity index (χ3v) is 3.41. The predicted molar refractivity (Wildman–Crippen MR) is 68.8 cm³/mol. The Kier molecular flexibility index (Phi) is 2.52. The lowest BCUT2D eigenvalue weighted by molar-refractivity contribution is 0.0631. The molecule has 1 aliphatic heterocycles. The summed E-state index contributed by atoms with van der Waals surface area (Å²) in [6, 6.07) is 8.73. The molecule has 0 fully saturated rings. The van der Waals surface area contributed by atoms with Gasteiger partial charge in [0, 0.05) is 0 Å². The molecule has 1 aromatic heterocycles. The number of rotatable bonds is 2. The number of carbonyl (C=O) groups is 2. The average Bonchev–Trinajstić information content (AvgIpc) is 2.84. The topological polar surface area (TPSA) is 50.5 Å². The van der Waals surface area contributed by atoms with E-state index >= 15 is 0 Å². The van der Waals surface area contributed by atoms with Gasteiger partial charge in [0.2, 0.25) is 0 Å². The molecule has 0 bridgehead atoms. The van der Waals surface area contributed by atoms with Crippen LogP contribution in [0.2, 0.25) is 0 Å². The molecule has 19 heavy (non-hydrogen) atoms. The number of aryl methyl sites for hydroxylation is 2. The summed E-state index contributed by atoms with van der Waals surface area (Å²) < 4.78 is 5.53. The van der Waals surface area contributed by atoms with Crippen molar-refractivity contribution in [1.82, 2.24) is 4.90 Å². The minimum absolute atomic E-state index is 0.182. The van der Waals surface area contributed by atoms with Crippen molar-refractivity contribution in [3.63, 3.8) is 0 Å². The number of carbonyl (C=O) groups excluding carboxylic acids is 2. The van der Waals surface area contributed by atoms with Crippen molar-refractivity contribution in [2.24, 2.45) is 0 Å². The molecule has 1 aromatic carbocycles. The lowest BCUT2D eigenvalue weighted by atomic mass is 10.1. The number of amides is 2. The Morgan fingerprint density at radius 2 is 1.63 bits per heavy atom. The minimum atomic E-state index is -0.257. The Bertz CT molecular complexity index is 630. The first-order valence-corrected chi connectivity index (χ1v) is 6.09. The molecule has 2 amide bonds. The van der Waals surface area contributed by atoms with Crippen molar-refractivity contribution in [2.45, 2.75) is 20.4 Å². The van der Waals surface area contributed by atoms with Crippen LogP contribution >= 0.6 is 0 Å². The fourth-order valence-corrected chi connectivity index (χ4v) is 2.27. The molecule has 0 unspecified atom stereocenters. The molecule has 0 spiro atoms. The molecular formula is C15H13NO3. The van der Waals surface area contributed by atoms with Crippen molar-refractivity contribution < 1.29 is 14.0 Å². The maximum atomic E-state index is 12.2. The number of imide groups is 1. The van der Waals surface area contributed by atoms with Crippen LogP contribution in [-0.4, -0.2) is 16.7 Å². The van der Waals surface area contributed by atoms with Crippen molar-refractivity contribution in [1.29, 1.82) is 0 Å². The highest BCUT2D eigenvalue weighted by Gasteiger charge is 2.35. The summed E-state index contributed by atoms with van der Waals surface area (Å²) >= 11 is 0. The van der Waals surface area contributed by atoms with Crippen LogP contribution in [0.4, 0.5) is 0 Å². The molecule has 0 atom stereocenters. The Labute approximate surface area is 110 Å². The third kappa shape index (κ3) is 1.76. The van der Waals surface area contributed by atoms with Gasteiger partial charge >= 0.3 is 0 Å². The second-order valence-electron chi connectivity index (χ2n) is 4.69. The van der Waals surface area contributed by atoms with Gasteiger partial charge in [-0.1, -0.05) is 12.1 Å². The standard InChI is InChI=1S/C15H13NO3/c1-9-7-11(19-10(9)2)8-16-14(17)12-5-3-4-6-13(12)15(16)18/h3-7H,8H2,1-2H3. The Balaban J connectivity index is 1.92. The smallest absolute Gasteiger partial charge is 0.261 e. The van der Waals surface area contributed by atoms with E-state index in [9.17, 15) is 9.59 Å². The van der Waals surface area contributed by atoms with Crippen LogP contribution in [0, 0.1) is 13.8 Å². The average molecular weight is 255 g/mol. The summed E-state index contributed by atoms with van der Waals surface area (Å²) in [7, 11) is 0. The van der Waals surface area contributed by atoms with E-state index < -0.39 is 0 Å². The molecule has 4 heteroatoms. The molecule has 0 saturated carbocycles. The fraction of sp³-hybridized carbons (Fsp3) is 0.200. The van der Waals surface area contributed by atoms with E-state index in [0.717, 1.165) is 11.3 Å². The minimum Gasteiger partial charge on any atom is -0.464 e. The Morgan fingerprint density at radius 1 is 1.05 bits per heavy atom. The predicted octanol–water partition coefficient (Wildman–Crippen LogP) is 2.69. The normalized spacial score (nSPS) is 14.1. The zero-order chi connectivity index (χ0) is 13.6. The second-order valence-corrected chi connectivity index (χ2v) is 4.69. The summed E-state index contributed by atoms with van der Waals surface area (Å²) in [4.78, 5) is 25.6. The van der Waals surface area contributed by atoms with Gasteiger partial charge in [0.1, 0.15) is 11.5 Å². The van der Waals surface area contributed by atoms with Crippen molar-refractivity contribution in [3.8, 4) is 0 Å². The zero-order valence-corrected chi connectivity index (χ0v) is 10.8. The highest BCUT2D eigenvalue weighted by Crippen LogP contribution is 2.25. The molecule has 4 nitrogen and oxygen atoms in total. The van der Waals surface area contributed by atoms with Gasteiger partial charge in [-0.3, -0.25) is 14.5 Å². The summed E-state index contributed by atoms with van der Waals surface area (Å²) in [5, 5.41) is 0. The Hall–Kier alpha value is -2.36. The van der Waals surface area contributed by atoms with E-state index in [1.807, 2.05) is 19.9 Å². The van der Waals surface area contributed by atoms with Gasteiger partial charge in [0.25, 0.3) is 11.8 Å². The van der Waals surface area contributed by atoms with E-state index in [0.29, 0.717) is 16.9 Å². The number of nitrogens with zero attached hydrogens (tertiary/aromatic N) is 1. The van der Waals surface area contributed by atoms with E-state index in [1.54, 1.807) is 24.3 Å². The van der Waals surface area contributed by atoms with E-state index in [-0.39, 0.29) is 18.4 Å².